The number of anilines is 1. The highest BCUT2D eigenvalue weighted by atomic mass is 32.1. The molecule has 0 bridgehead atoms. The summed E-state index contributed by atoms with van der Waals surface area (Å²) in [5.41, 5.74) is 5.74. The van der Waals surface area contributed by atoms with Crippen molar-refractivity contribution < 1.29 is 4.79 Å². The van der Waals surface area contributed by atoms with Gasteiger partial charge >= 0.3 is 0 Å². The van der Waals surface area contributed by atoms with Crippen LogP contribution in [-0.4, -0.2) is 10.9 Å². The fraction of sp³-hybridized carbons (Fsp3) is 0.385. The molecule has 1 aromatic rings. The number of carbonyl (C=O) groups is 1. The average Bonchev–Trinajstić information content (AvgIpc) is 2.32. The molecule has 1 aromatic carbocycles. The summed E-state index contributed by atoms with van der Waals surface area (Å²) in [7, 11) is 0. The predicted octanol–water partition coefficient (Wildman–Crippen LogP) is 2.72. The minimum absolute atomic E-state index is 0.124. The first-order valence-electron chi connectivity index (χ1n) is 5.73. The second-order valence-corrected chi connectivity index (χ2v) is 4.41. The van der Waals surface area contributed by atoms with Crippen LogP contribution < -0.4 is 11.1 Å². The smallest absolute Gasteiger partial charge is 0.237 e. The molecule has 92 valence electrons. The number of thiocarbonyl (C=S) groups is 1. The van der Waals surface area contributed by atoms with Crippen molar-refractivity contribution in [1.29, 1.82) is 0 Å². The summed E-state index contributed by atoms with van der Waals surface area (Å²) in [5.74, 6) is -0.124. The minimum atomic E-state index is -0.745. The zero-order valence-corrected chi connectivity index (χ0v) is 11.0. The Kier molecular flexibility index (Phi) is 4.63. The van der Waals surface area contributed by atoms with E-state index in [1.54, 1.807) is 0 Å². The molecule has 1 amide bonds. The van der Waals surface area contributed by atoms with E-state index < -0.39 is 5.41 Å². The van der Waals surface area contributed by atoms with Gasteiger partial charge in [-0.15, -0.1) is 0 Å². The molecule has 0 aromatic heterocycles. The van der Waals surface area contributed by atoms with Gasteiger partial charge in [-0.2, -0.15) is 0 Å². The largest absolute Gasteiger partial charge is 0.392 e. The van der Waals surface area contributed by atoms with Crippen LogP contribution in [0.2, 0.25) is 0 Å². The van der Waals surface area contributed by atoms with Crippen LogP contribution in [0.15, 0.2) is 30.3 Å². The van der Waals surface area contributed by atoms with E-state index in [1.165, 1.54) is 0 Å². The van der Waals surface area contributed by atoms with Crippen molar-refractivity contribution in [1.82, 2.24) is 0 Å². The molecule has 0 aliphatic rings. The van der Waals surface area contributed by atoms with E-state index >= 15 is 0 Å². The lowest BCUT2D eigenvalue weighted by Gasteiger charge is -2.28. The van der Waals surface area contributed by atoms with Crippen LogP contribution >= 0.6 is 12.2 Å². The molecule has 17 heavy (non-hydrogen) atoms. The fourth-order valence-corrected chi connectivity index (χ4v) is 2.19. The van der Waals surface area contributed by atoms with Gasteiger partial charge in [0.05, 0.1) is 10.4 Å². The van der Waals surface area contributed by atoms with E-state index in [-0.39, 0.29) is 10.9 Å². The first-order chi connectivity index (χ1) is 8.06. The third-order valence-corrected chi connectivity index (χ3v) is 3.54. The second-order valence-electron chi connectivity index (χ2n) is 3.97. The molecule has 3 N–H and O–H groups in total. The number of nitrogens with two attached hydrogens (primary N) is 1. The summed E-state index contributed by atoms with van der Waals surface area (Å²) < 4.78 is 0. The maximum absolute atomic E-state index is 12.3. The van der Waals surface area contributed by atoms with Crippen molar-refractivity contribution in [2.75, 3.05) is 5.32 Å². The van der Waals surface area contributed by atoms with Crippen molar-refractivity contribution >= 4 is 28.8 Å². The molecule has 0 spiro atoms. The molecule has 0 fully saturated rings. The Morgan fingerprint density at radius 2 is 1.82 bits per heavy atom. The SMILES string of the molecule is CCC(CC)(C(=O)Nc1ccccc1)C(N)=S. The van der Waals surface area contributed by atoms with Crippen LogP contribution in [0.25, 0.3) is 0 Å². The Morgan fingerprint density at radius 1 is 1.29 bits per heavy atom. The molecule has 0 saturated carbocycles. The van der Waals surface area contributed by atoms with Gasteiger partial charge < -0.3 is 11.1 Å². The molecule has 3 nitrogen and oxygen atoms in total. The maximum Gasteiger partial charge on any atom is 0.237 e. The molecule has 4 heteroatoms. The number of nitrogens with one attached hydrogen (secondary N) is 1. The van der Waals surface area contributed by atoms with E-state index in [0.717, 1.165) is 5.69 Å². The number of para-hydroxylation sites is 1. The number of hydrogen-bond donors (Lipinski definition) is 2. The van der Waals surface area contributed by atoms with Crippen molar-refractivity contribution in [3.05, 3.63) is 30.3 Å². The van der Waals surface area contributed by atoms with Crippen molar-refractivity contribution in [2.24, 2.45) is 11.1 Å². The highest BCUT2D eigenvalue weighted by Gasteiger charge is 2.37. The molecule has 0 heterocycles. The van der Waals surface area contributed by atoms with Crippen LogP contribution in [0.4, 0.5) is 5.69 Å². The summed E-state index contributed by atoms with van der Waals surface area (Å²) in [5, 5.41) is 2.86. The van der Waals surface area contributed by atoms with E-state index in [9.17, 15) is 4.79 Å². The second kappa shape index (κ2) is 5.77. The van der Waals surface area contributed by atoms with Gasteiger partial charge in [-0.3, -0.25) is 4.79 Å². The van der Waals surface area contributed by atoms with Gasteiger partial charge in [0.15, 0.2) is 0 Å². The highest BCUT2D eigenvalue weighted by Crippen LogP contribution is 2.28. The monoisotopic (exact) mass is 250 g/mol. The first-order valence-corrected chi connectivity index (χ1v) is 6.14. The molecule has 0 atom stereocenters. The topological polar surface area (TPSA) is 55.1 Å². The van der Waals surface area contributed by atoms with E-state index in [4.69, 9.17) is 18.0 Å². The van der Waals surface area contributed by atoms with E-state index in [1.807, 2.05) is 44.2 Å². The molecule has 0 saturated heterocycles. The van der Waals surface area contributed by atoms with E-state index in [2.05, 4.69) is 5.32 Å². The third-order valence-electron chi connectivity index (χ3n) is 3.15. The highest BCUT2D eigenvalue weighted by molar-refractivity contribution is 7.80. The lowest BCUT2D eigenvalue weighted by Crippen LogP contribution is -2.45. The lowest BCUT2D eigenvalue weighted by atomic mass is 9.81. The predicted molar refractivity (Wildman–Crippen MR) is 74.9 cm³/mol. The first kappa shape index (κ1) is 13.6. The number of amides is 1. The van der Waals surface area contributed by atoms with Crippen molar-refractivity contribution in [3.8, 4) is 0 Å². The molecule has 0 radical (unpaired) electrons. The van der Waals surface area contributed by atoms with Gasteiger partial charge in [-0.1, -0.05) is 44.3 Å². The normalized spacial score (nSPS) is 10.9. The Balaban J connectivity index is 2.91. The van der Waals surface area contributed by atoms with Crippen molar-refractivity contribution in [3.63, 3.8) is 0 Å². The quantitative estimate of drug-likeness (QED) is 0.790. The number of hydrogen-bond acceptors (Lipinski definition) is 2. The molecular weight excluding hydrogens is 232 g/mol. The summed E-state index contributed by atoms with van der Waals surface area (Å²) in [6.07, 6.45) is 1.22. The number of rotatable bonds is 5. The van der Waals surface area contributed by atoms with Gasteiger partial charge in [-0.25, -0.2) is 0 Å². The summed E-state index contributed by atoms with van der Waals surface area (Å²) >= 11 is 5.04. The van der Waals surface area contributed by atoms with Gasteiger partial charge in [-0.05, 0) is 25.0 Å². The minimum Gasteiger partial charge on any atom is -0.392 e. The van der Waals surface area contributed by atoms with Crippen LogP contribution in [-0.2, 0) is 4.79 Å². The molecule has 1 rings (SSSR count). The zero-order valence-electron chi connectivity index (χ0n) is 10.2. The van der Waals surface area contributed by atoms with Gasteiger partial charge in [0.1, 0.15) is 0 Å². The van der Waals surface area contributed by atoms with E-state index in [0.29, 0.717) is 12.8 Å². The summed E-state index contributed by atoms with van der Waals surface area (Å²) in [4.78, 5) is 12.5. The Hall–Kier alpha value is -1.42. The lowest BCUT2D eigenvalue weighted by molar-refractivity contribution is -0.122. The Morgan fingerprint density at radius 3 is 2.24 bits per heavy atom. The molecule has 0 aliphatic carbocycles. The van der Waals surface area contributed by atoms with Crippen LogP contribution in [0.1, 0.15) is 26.7 Å². The van der Waals surface area contributed by atoms with Crippen LogP contribution in [0.3, 0.4) is 0 Å². The average molecular weight is 250 g/mol. The maximum atomic E-state index is 12.3. The Bertz CT molecular complexity index is 399. The molecule has 0 aliphatic heterocycles. The third kappa shape index (κ3) is 2.82. The Labute approximate surface area is 107 Å². The van der Waals surface area contributed by atoms with Gasteiger partial charge in [0.25, 0.3) is 0 Å². The molecule has 0 unspecified atom stereocenters. The number of carbonyl (C=O) groups excluding carboxylic acids is 1. The summed E-state index contributed by atoms with van der Waals surface area (Å²) in [6, 6.07) is 9.32. The van der Waals surface area contributed by atoms with Gasteiger partial charge in [0, 0.05) is 5.69 Å². The van der Waals surface area contributed by atoms with Crippen LogP contribution in [0, 0.1) is 5.41 Å². The summed E-state index contributed by atoms with van der Waals surface area (Å²) in [6.45, 7) is 3.85. The van der Waals surface area contributed by atoms with Crippen LogP contribution in [0.5, 0.6) is 0 Å². The number of benzene rings is 1. The fourth-order valence-electron chi connectivity index (χ4n) is 1.80. The van der Waals surface area contributed by atoms with Gasteiger partial charge in [0.2, 0.25) is 5.91 Å². The molecular formula is C13H18N2OS. The zero-order chi connectivity index (χ0) is 12.9. The standard InChI is InChI=1S/C13H18N2OS/c1-3-13(4-2,11(14)17)12(16)15-10-8-6-5-7-9-10/h5-9H,3-4H2,1-2H3,(H2,14,17)(H,15,16). The van der Waals surface area contributed by atoms with Crippen molar-refractivity contribution in [2.45, 2.75) is 26.7 Å².